The molecule has 0 aliphatic carbocycles. The maximum Gasteiger partial charge on any atom is 0.228 e. The maximum absolute atomic E-state index is 5.61. The van der Waals surface area contributed by atoms with E-state index in [-0.39, 0.29) is 0 Å². The normalized spacial score (nSPS) is 10.6. The molecule has 0 atom stereocenters. The largest absolute Gasteiger partial charge is 0.361 e. The van der Waals surface area contributed by atoms with Crippen LogP contribution in [0.4, 0.5) is 5.95 Å². The van der Waals surface area contributed by atoms with Crippen LogP contribution >= 0.6 is 0 Å². The number of rotatable bonds is 11. The van der Waals surface area contributed by atoms with Crippen LogP contribution < -0.4 is 4.90 Å². The van der Waals surface area contributed by atoms with Gasteiger partial charge in [-0.05, 0) is 18.9 Å². The third kappa shape index (κ3) is 7.08. The van der Waals surface area contributed by atoms with Gasteiger partial charge < -0.3 is 9.47 Å². The SMILES string of the molecule is CCCCOCN(COCCCC)c1ncccn1. The van der Waals surface area contributed by atoms with E-state index >= 15 is 0 Å². The Bertz CT molecular complexity index is 297. The number of hydrogen-bond donors (Lipinski definition) is 0. The number of aromatic nitrogens is 2. The second kappa shape index (κ2) is 10.7. The molecular formula is C14H25N3O2. The Hall–Kier alpha value is -1.20. The molecule has 0 radical (unpaired) electrons. The van der Waals surface area contributed by atoms with Crippen LogP contribution in [0.5, 0.6) is 0 Å². The number of nitrogens with zero attached hydrogens (tertiary/aromatic N) is 3. The minimum atomic E-state index is 0.468. The quantitative estimate of drug-likeness (QED) is 0.456. The lowest BCUT2D eigenvalue weighted by molar-refractivity contribution is 0.0812. The molecule has 5 heteroatoms. The highest BCUT2D eigenvalue weighted by molar-refractivity contribution is 5.26. The minimum Gasteiger partial charge on any atom is -0.361 e. The molecule has 1 aromatic rings. The first kappa shape index (κ1) is 15.9. The van der Waals surface area contributed by atoms with E-state index in [2.05, 4.69) is 23.8 Å². The van der Waals surface area contributed by atoms with Gasteiger partial charge in [0.15, 0.2) is 0 Å². The molecule has 0 saturated heterocycles. The fraction of sp³-hybridized carbons (Fsp3) is 0.714. The van der Waals surface area contributed by atoms with Crippen molar-refractivity contribution in [3.05, 3.63) is 18.5 Å². The zero-order valence-corrected chi connectivity index (χ0v) is 12.0. The first-order valence-electron chi connectivity index (χ1n) is 7.06. The Morgan fingerprint density at radius 1 is 0.947 bits per heavy atom. The molecule has 108 valence electrons. The van der Waals surface area contributed by atoms with E-state index in [1.807, 2.05) is 4.90 Å². The van der Waals surface area contributed by atoms with Crippen molar-refractivity contribution >= 4 is 5.95 Å². The van der Waals surface area contributed by atoms with Gasteiger partial charge in [-0.1, -0.05) is 26.7 Å². The van der Waals surface area contributed by atoms with Gasteiger partial charge in [-0.25, -0.2) is 9.97 Å². The molecule has 5 nitrogen and oxygen atoms in total. The average molecular weight is 267 g/mol. The molecule has 0 N–H and O–H groups in total. The molecule has 19 heavy (non-hydrogen) atoms. The van der Waals surface area contributed by atoms with E-state index in [0.29, 0.717) is 19.4 Å². The van der Waals surface area contributed by atoms with E-state index < -0.39 is 0 Å². The molecule has 1 rings (SSSR count). The van der Waals surface area contributed by atoms with Crippen molar-refractivity contribution in [3.8, 4) is 0 Å². The highest BCUT2D eigenvalue weighted by Crippen LogP contribution is 2.06. The minimum absolute atomic E-state index is 0.468. The highest BCUT2D eigenvalue weighted by atomic mass is 16.5. The van der Waals surface area contributed by atoms with Crippen molar-refractivity contribution < 1.29 is 9.47 Å². The van der Waals surface area contributed by atoms with Gasteiger partial charge in [0.1, 0.15) is 13.5 Å². The Kier molecular flexibility index (Phi) is 8.93. The van der Waals surface area contributed by atoms with Crippen LogP contribution in [0.2, 0.25) is 0 Å². The van der Waals surface area contributed by atoms with Gasteiger partial charge in [0.2, 0.25) is 5.95 Å². The average Bonchev–Trinajstić information content (AvgIpc) is 2.46. The Labute approximate surface area is 116 Å². The second-order valence-corrected chi connectivity index (χ2v) is 4.37. The molecule has 0 amide bonds. The summed E-state index contributed by atoms with van der Waals surface area (Å²) < 4.78 is 11.2. The van der Waals surface area contributed by atoms with Gasteiger partial charge in [-0.2, -0.15) is 0 Å². The van der Waals surface area contributed by atoms with Crippen LogP contribution in [0.3, 0.4) is 0 Å². The van der Waals surface area contributed by atoms with Crippen molar-refractivity contribution in [2.24, 2.45) is 0 Å². The molecule has 0 bridgehead atoms. The summed E-state index contributed by atoms with van der Waals surface area (Å²) in [6, 6.07) is 1.80. The molecule has 0 unspecified atom stereocenters. The van der Waals surface area contributed by atoms with Crippen LogP contribution in [0, 0.1) is 0 Å². The zero-order valence-electron chi connectivity index (χ0n) is 12.0. The lowest BCUT2D eigenvalue weighted by Gasteiger charge is -2.22. The van der Waals surface area contributed by atoms with E-state index in [1.165, 1.54) is 0 Å². The number of ether oxygens (including phenoxy) is 2. The predicted octanol–water partition coefficient (Wildman–Crippen LogP) is 2.83. The predicted molar refractivity (Wildman–Crippen MR) is 76.0 cm³/mol. The van der Waals surface area contributed by atoms with Gasteiger partial charge in [0, 0.05) is 25.6 Å². The van der Waals surface area contributed by atoms with Gasteiger partial charge in [0.25, 0.3) is 0 Å². The lowest BCUT2D eigenvalue weighted by atomic mass is 10.4. The number of unbranched alkanes of at least 4 members (excludes halogenated alkanes) is 2. The molecule has 0 saturated carbocycles. The topological polar surface area (TPSA) is 47.5 Å². The first-order valence-corrected chi connectivity index (χ1v) is 7.06. The molecule has 0 fully saturated rings. The Morgan fingerprint density at radius 3 is 1.95 bits per heavy atom. The van der Waals surface area contributed by atoms with E-state index in [0.717, 1.165) is 38.9 Å². The van der Waals surface area contributed by atoms with Crippen molar-refractivity contribution in [2.45, 2.75) is 39.5 Å². The smallest absolute Gasteiger partial charge is 0.228 e. The Morgan fingerprint density at radius 2 is 1.47 bits per heavy atom. The summed E-state index contributed by atoms with van der Waals surface area (Å²) in [6.07, 6.45) is 7.87. The molecule has 1 aromatic heterocycles. The van der Waals surface area contributed by atoms with Gasteiger partial charge in [-0.3, -0.25) is 4.90 Å². The number of anilines is 1. The molecular weight excluding hydrogens is 242 g/mol. The van der Waals surface area contributed by atoms with Crippen LogP contribution in [0.1, 0.15) is 39.5 Å². The highest BCUT2D eigenvalue weighted by Gasteiger charge is 2.08. The van der Waals surface area contributed by atoms with Crippen LogP contribution in [-0.4, -0.2) is 36.6 Å². The number of hydrogen-bond acceptors (Lipinski definition) is 5. The summed E-state index contributed by atoms with van der Waals surface area (Å²) in [4.78, 5) is 10.4. The van der Waals surface area contributed by atoms with Crippen LogP contribution in [-0.2, 0) is 9.47 Å². The molecule has 0 aliphatic rings. The second-order valence-electron chi connectivity index (χ2n) is 4.37. The summed E-state index contributed by atoms with van der Waals surface area (Å²) in [5, 5.41) is 0. The summed E-state index contributed by atoms with van der Waals surface area (Å²) in [5.41, 5.74) is 0. The van der Waals surface area contributed by atoms with E-state index in [9.17, 15) is 0 Å². The third-order valence-corrected chi connectivity index (χ3v) is 2.61. The van der Waals surface area contributed by atoms with E-state index in [1.54, 1.807) is 18.5 Å². The fourth-order valence-electron chi connectivity index (χ4n) is 1.45. The third-order valence-electron chi connectivity index (χ3n) is 2.61. The summed E-state index contributed by atoms with van der Waals surface area (Å²) in [6.45, 7) is 6.75. The van der Waals surface area contributed by atoms with Gasteiger partial charge >= 0.3 is 0 Å². The fourth-order valence-corrected chi connectivity index (χ4v) is 1.45. The molecule has 0 aliphatic heterocycles. The summed E-state index contributed by atoms with van der Waals surface area (Å²) >= 11 is 0. The monoisotopic (exact) mass is 267 g/mol. The van der Waals surface area contributed by atoms with E-state index in [4.69, 9.17) is 9.47 Å². The van der Waals surface area contributed by atoms with Gasteiger partial charge in [0.05, 0.1) is 0 Å². The summed E-state index contributed by atoms with van der Waals surface area (Å²) in [5.74, 6) is 0.649. The van der Waals surface area contributed by atoms with Crippen molar-refractivity contribution in [1.29, 1.82) is 0 Å². The first-order chi connectivity index (χ1) is 9.38. The van der Waals surface area contributed by atoms with Crippen molar-refractivity contribution in [2.75, 3.05) is 31.6 Å². The van der Waals surface area contributed by atoms with Gasteiger partial charge in [-0.15, -0.1) is 0 Å². The van der Waals surface area contributed by atoms with Crippen LogP contribution in [0.25, 0.3) is 0 Å². The molecule has 0 spiro atoms. The Balaban J connectivity index is 2.39. The standard InChI is InChI=1S/C14H25N3O2/c1-3-5-10-18-12-17(13-19-11-6-4-2)14-15-8-7-9-16-14/h7-9H,3-6,10-13H2,1-2H3. The zero-order chi connectivity index (χ0) is 13.8. The lowest BCUT2D eigenvalue weighted by Crippen LogP contribution is -2.31. The molecule has 0 aromatic carbocycles. The summed E-state index contributed by atoms with van der Waals surface area (Å²) in [7, 11) is 0. The van der Waals surface area contributed by atoms with Crippen molar-refractivity contribution in [1.82, 2.24) is 9.97 Å². The molecule has 1 heterocycles. The van der Waals surface area contributed by atoms with Crippen molar-refractivity contribution in [3.63, 3.8) is 0 Å². The maximum atomic E-state index is 5.61. The van der Waals surface area contributed by atoms with Crippen LogP contribution in [0.15, 0.2) is 18.5 Å².